The van der Waals surface area contributed by atoms with Crippen LogP contribution in [0.2, 0.25) is 0 Å². The van der Waals surface area contributed by atoms with Crippen molar-refractivity contribution in [2.75, 3.05) is 13.3 Å². The van der Waals surface area contributed by atoms with Gasteiger partial charge in [-0.1, -0.05) is 6.07 Å². The zero-order valence-electron chi connectivity index (χ0n) is 9.64. The van der Waals surface area contributed by atoms with E-state index in [9.17, 15) is 10.1 Å². The second-order valence-electron chi connectivity index (χ2n) is 3.76. The zero-order chi connectivity index (χ0) is 12.4. The minimum Gasteiger partial charge on any atom is -0.309 e. The van der Waals surface area contributed by atoms with Crippen molar-refractivity contribution < 1.29 is 4.79 Å². The third-order valence-corrected chi connectivity index (χ3v) is 4.70. The Morgan fingerprint density at radius 2 is 2.41 bits per heavy atom. The summed E-state index contributed by atoms with van der Waals surface area (Å²) in [5.74, 6) is 0.0119. The molecule has 0 N–H and O–H groups in total. The van der Waals surface area contributed by atoms with Crippen LogP contribution < -0.4 is 0 Å². The van der Waals surface area contributed by atoms with Crippen LogP contribution in [0.1, 0.15) is 17.2 Å². The van der Waals surface area contributed by atoms with Crippen LogP contribution in [0.5, 0.6) is 0 Å². The van der Waals surface area contributed by atoms with E-state index in [0.29, 0.717) is 12.0 Å². The fourth-order valence-corrected chi connectivity index (χ4v) is 3.58. The second-order valence-corrected chi connectivity index (χ2v) is 5.53. The number of nitriles is 1. The van der Waals surface area contributed by atoms with Crippen molar-refractivity contribution in [1.82, 2.24) is 4.90 Å². The van der Waals surface area contributed by atoms with Crippen LogP contribution in [-0.2, 0) is 4.79 Å². The van der Waals surface area contributed by atoms with Gasteiger partial charge in [-0.25, -0.2) is 0 Å². The molecule has 0 fully saturated rings. The van der Waals surface area contributed by atoms with Gasteiger partial charge in [-0.2, -0.15) is 5.26 Å². The van der Waals surface area contributed by atoms with E-state index >= 15 is 0 Å². The molecule has 1 amide bonds. The molecule has 2 rings (SSSR count). The summed E-state index contributed by atoms with van der Waals surface area (Å²) in [6, 6.07) is 6.21. The molecule has 0 unspecified atom stereocenters. The number of carbonyl (C=O) groups excluding carboxylic acids is 1. The standard InChI is InChI=1S/C12H12N2OS2/c1-14-11(15)6-8(10-4-3-5-17-10)9(7-13)12(14)16-2/h3-5,8H,6H2,1-2H3/t8-/m0/s1. The van der Waals surface area contributed by atoms with Crippen LogP contribution in [-0.4, -0.2) is 24.1 Å². The number of carbonyl (C=O) groups is 1. The first-order valence-electron chi connectivity index (χ1n) is 5.17. The van der Waals surface area contributed by atoms with Crippen molar-refractivity contribution in [2.45, 2.75) is 12.3 Å². The zero-order valence-corrected chi connectivity index (χ0v) is 11.3. The molecular weight excluding hydrogens is 252 g/mol. The highest BCUT2D eigenvalue weighted by atomic mass is 32.2. The van der Waals surface area contributed by atoms with Gasteiger partial charge in [0.1, 0.15) is 0 Å². The highest BCUT2D eigenvalue weighted by molar-refractivity contribution is 8.02. The van der Waals surface area contributed by atoms with Gasteiger partial charge in [0.15, 0.2) is 0 Å². The maximum atomic E-state index is 11.9. The largest absolute Gasteiger partial charge is 0.309 e. The molecule has 88 valence electrons. The Bertz CT molecular complexity index is 499. The minimum atomic E-state index is -0.0638. The van der Waals surface area contributed by atoms with Crippen molar-refractivity contribution in [3.8, 4) is 6.07 Å². The van der Waals surface area contributed by atoms with Gasteiger partial charge in [0.2, 0.25) is 5.91 Å². The van der Waals surface area contributed by atoms with Gasteiger partial charge in [-0.05, 0) is 17.7 Å². The lowest BCUT2D eigenvalue weighted by Crippen LogP contribution is -2.32. The Kier molecular flexibility index (Phi) is 3.55. The lowest BCUT2D eigenvalue weighted by molar-refractivity contribution is -0.128. The summed E-state index contributed by atoms with van der Waals surface area (Å²) >= 11 is 3.06. The first-order valence-corrected chi connectivity index (χ1v) is 7.27. The third-order valence-electron chi connectivity index (χ3n) is 2.84. The topological polar surface area (TPSA) is 44.1 Å². The summed E-state index contributed by atoms with van der Waals surface area (Å²) in [5, 5.41) is 12.1. The van der Waals surface area contributed by atoms with Gasteiger partial charge in [0.25, 0.3) is 0 Å². The molecule has 0 aromatic carbocycles. The van der Waals surface area contributed by atoms with Crippen LogP contribution in [0.4, 0.5) is 0 Å². The highest BCUT2D eigenvalue weighted by Crippen LogP contribution is 2.40. The number of allylic oxidation sites excluding steroid dienone is 1. The molecule has 0 spiro atoms. The number of thiophene rings is 1. The fraction of sp³-hybridized carbons (Fsp3) is 0.333. The van der Waals surface area contributed by atoms with E-state index in [4.69, 9.17) is 0 Å². The first kappa shape index (κ1) is 12.2. The summed E-state index contributed by atoms with van der Waals surface area (Å²) in [6.07, 6.45) is 2.29. The normalized spacial score (nSPS) is 20.6. The summed E-state index contributed by atoms with van der Waals surface area (Å²) in [7, 11) is 1.73. The van der Waals surface area contributed by atoms with Gasteiger partial charge in [0, 0.05) is 24.3 Å². The molecule has 1 aliphatic heterocycles. The van der Waals surface area contributed by atoms with E-state index in [0.717, 1.165) is 9.91 Å². The molecule has 17 heavy (non-hydrogen) atoms. The second kappa shape index (κ2) is 4.94. The highest BCUT2D eigenvalue weighted by Gasteiger charge is 2.32. The van der Waals surface area contributed by atoms with Crippen molar-refractivity contribution >= 4 is 29.0 Å². The van der Waals surface area contributed by atoms with Gasteiger partial charge < -0.3 is 4.90 Å². The number of rotatable bonds is 2. The number of nitrogens with zero attached hydrogens (tertiary/aromatic N) is 2. The van der Waals surface area contributed by atoms with Gasteiger partial charge in [0.05, 0.1) is 16.7 Å². The van der Waals surface area contributed by atoms with E-state index in [1.165, 1.54) is 11.8 Å². The van der Waals surface area contributed by atoms with Crippen LogP contribution in [0, 0.1) is 11.3 Å². The average Bonchev–Trinajstić information content (AvgIpc) is 2.85. The van der Waals surface area contributed by atoms with E-state index in [-0.39, 0.29) is 11.8 Å². The third kappa shape index (κ3) is 2.11. The Balaban J connectivity index is 2.50. The molecule has 0 saturated heterocycles. The smallest absolute Gasteiger partial charge is 0.228 e. The lowest BCUT2D eigenvalue weighted by atomic mass is 9.92. The molecule has 0 bridgehead atoms. The van der Waals surface area contributed by atoms with Gasteiger partial charge in [-0.3, -0.25) is 4.79 Å². The van der Waals surface area contributed by atoms with Crippen LogP contribution in [0.15, 0.2) is 28.1 Å². The maximum Gasteiger partial charge on any atom is 0.228 e. The molecule has 1 aromatic heterocycles. The maximum absolute atomic E-state index is 11.9. The Morgan fingerprint density at radius 1 is 1.65 bits per heavy atom. The van der Waals surface area contributed by atoms with Gasteiger partial charge >= 0.3 is 0 Å². The van der Waals surface area contributed by atoms with E-state index in [2.05, 4.69) is 6.07 Å². The SMILES string of the molecule is CSC1=C(C#N)[C@@H](c2cccs2)CC(=O)N1C. The first-order chi connectivity index (χ1) is 8.19. The quantitative estimate of drug-likeness (QED) is 0.825. The Hall–Kier alpha value is -1.25. The molecule has 1 aromatic rings. The minimum absolute atomic E-state index is 0.0638. The molecule has 5 heteroatoms. The lowest BCUT2D eigenvalue weighted by Gasteiger charge is -2.30. The summed E-state index contributed by atoms with van der Waals surface area (Å²) in [4.78, 5) is 14.6. The number of amides is 1. The summed E-state index contributed by atoms with van der Waals surface area (Å²) in [6.45, 7) is 0. The van der Waals surface area contributed by atoms with Gasteiger partial charge in [-0.15, -0.1) is 23.1 Å². The Morgan fingerprint density at radius 3 is 2.94 bits per heavy atom. The van der Waals surface area contributed by atoms with E-state index in [1.54, 1.807) is 23.3 Å². The predicted octanol–water partition coefficient (Wildman–Crippen LogP) is 2.79. The molecule has 0 radical (unpaired) electrons. The molecule has 0 aliphatic carbocycles. The number of hydrogen-bond acceptors (Lipinski definition) is 4. The summed E-state index contributed by atoms with van der Waals surface area (Å²) in [5.41, 5.74) is 0.710. The molecule has 3 nitrogen and oxygen atoms in total. The molecule has 1 atom stereocenters. The number of thioether (sulfide) groups is 1. The fourth-order valence-electron chi connectivity index (χ4n) is 1.96. The molecule has 0 saturated carbocycles. The molecule has 2 heterocycles. The van der Waals surface area contributed by atoms with Crippen LogP contribution in [0.3, 0.4) is 0 Å². The van der Waals surface area contributed by atoms with Crippen LogP contribution >= 0.6 is 23.1 Å². The average molecular weight is 264 g/mol. The summed E-state index contributed by atoms with van der Waals surface area (Å²) < 4.78 is 0. The van der Waals surface area contributed by atoms with Crippen LogP contribution in [0.25, 0.3) is 0 Å². The van der Waals surface area contributed by atoms with Crippen molar-refractivity contribution in [3.63, 3.8) is 0 Å². The van der Waals surface area contributed by atoms with Crippen molar-refractivity contribution in [1.29, 1.82) is 5.26 Å². The van der Waals surface area contributed by atoms with Crippen molar-refractivity contribution in [3.05, 3.63) is 33.0 Å². The van der Waals surface area contributed by atoms with E-state index < -0.39 is 0 Å². The Labute approximate surface area is 109 Å². The van der Waals surface area contributed by atoms with E-state index in [1.807, 2.05) is 23.8 Å². The number of hydrogen-bond donors (Lipinski definition) is 0. The predicted molar refractivity (Wildman–Crippen MR) is 70.6 cm³/mol. The van der Waals surface area contributed by atoms with Crippen molar-refractivity contribution in [2.24, 2.45) is 0 Å². The molecular formula is C12H12N2OS2. The monoisotopic (exact) mass is 264 g/mol. The molecule has 1 aliphatic rings.